The highest BCUT2D eigenvalue weighted by Crippen LogP contribution is 2.18. The van der Waals surface area contributed by atoms with Gasteiger partial charge in [-0.25, -0.2) is 0 Å². The number of hydrogen-bond acceptors (Lipinski definition) is 4. The Kier molecular flexibility index (Phi) is 10.6. The summed E-state index contributed by atoms with van der Waals surface area (Å²) in [6.07, 6.45) is 3.77. The molecule has 0 aliphatic carbocycles. The van der Waals surface area contributed by atoms with E-state index in [2.05, 4.69) is 13.8 Å². The van der Waals surface area contributed by atoms with Crippen molar-refractivity contribution in [3.05, 3.63) is 35.9 Å². The normalized spacial score (nSPS) is 13.9. The van der Waals surface area contributed by atoms with Gasteiger partial charge in [0, 0.05) is 26.1 Å². The fourth-order valence-electron chi connectivity index (χ4n) is 2.93. The van der Waals surface area contributed by atoms with Crippen molar-refractivity contribution in [1.29, 1.82) is 0 Å². The number of unbranched alkanes of at least 4 members (excludes halogenated alkanes) is 1. The Morgan fingerprint density at radius 3 is 2.50 bits per heavy atom. The molecule has 0 spiro atoms. The smallest absolute Gasteiger partial charge is 0.162 e. The van der Waals surface area contributed by atoms with Crippen LogP contribution in [0.3, 0.4) is 0 Å². The number of benzene rings is 1. The Hall–Kier alpha value is -1.23. The fourth-order valence-corrected chi connectivity index (χ4v) is 2.93. The van der Waals surface area contributed by atoms with Gasteiger partial charge in [0.15, 0.2) is 5.78 Å². The number of carbonyl (C=O) groups excluding carboxylic acids is 1. The molecular weight excluding hydrogens is 302 g/mol. The third kappa shape index (κ3) is 8.04. The number of carbonyl (C=O) groups is 1. The minimum Gasteiger partial charge on any atom is -0.395 e. The molecule has 2 atom stereocenters. The number of Topliss-reactive ketones (excluding diaryl/α,β-unsaturated/α-hetero) is 1. The lowest BCUT2D eigenvalue weighted by atomic mass is 9.92. The first kappa shape index (κ1) is 20.8. The number of nitrogens with zero attached hydrogens (tertiary/aromatic N) is 1. The molecule has 1 rings (SSSR count). The van der Waals surface area contributed by atoms with Crippen LogP contribution in [-0.2, 0) is 11.3 Å². The topological polar surface area (TPSA) is 60.8 Å². The van der Waals surface area contributed by atoms with Gasteiger partial charge >= 0.3 is 0 Å². The molecule has 2 unspecified atom stereocenters. The maximum Gasteiger partial charge on any atom is 0.162 e. The van der Waals surface area contributed by atoms with E-state index in [1.807, 2.05) is 35.2 Å². The van der Waals surface area contributed by atoms with E-state index in [1.54, 1.807) is 0 Å². The number of ketones is 1. The van der Waals surface area contributed by atoms with Crippen molar-refractivity contribution in [1.82, 2.24) is 4.90 Å². The average molecular weight is 335 g/mol. The average Bonchev–Trinajstić information content (AvgIpc) is 2.59. The molecular formula is C20H33NO3. The summed E-state index contributed by atoms with van der Waals surface area (Å²) in [4.78, 5) is 14.3. The fraction of sp³-hybridized carbons (Fsp3) is 0.650. The molecule has 0 radical (unpaired) electrons. The summed E-state index contributed by atoms with van der Waals surface area (Å²) < 4.78 is 0. The van der Waals surface area contributed by atoms with Gasteiger partial charge in [-0.3, -0.25) is 9.69 Å². The van der Waals surface area contributed by atoms with Gasteiger partial charge in [-0.2, -0.15) is 0 Å². The largest absolute Gasteiger partial charge is 0.395 e. The maximum absolute atomic E-state index is 12.3. The maximum atomic E-state index is 12.3. The molecule has 0 aliphatic rings. The summed E-state index contributed by atoms with van der Waals surface area (Å²) in [6.45, 7) is 5.62. The molecule has 0 aromatic heterocycles. The highest BCUT2D eigenvalue weighted by Gasteiger charge is 2.21. The van der Waals surface area contributed by atoms with Crippen molar-refractivity contribution in [2.24, 2.45) is 5.92 Å². The van der Waals surface area contributed by atoms with E-state index in [1.165, 1.54) is 0 Å². The van der Waals surface area contributed by atoms with Crippen LogP contribution >= 0.6 is 0 Å². The van der Waals surface area contributed by atoms with Gasteiger partial charge in [0.1, 0.15) is 6.10 Å². The van der Waals surface area contributed by atoms with E-state index in [4.69, 9.17) is 0 Å². The standard InChI is InChI=1S/C20H33NO3/c1-3-5-9-17(4-2)14-19(23)20(24)16-21(12-13-22)15-18-10-7-6-8-11-18/h6-8,10-11,17,20,22,24H,3-5,9,12-16H2,1-2H3. The minimum atomic E-state index is -0.976. The van der Waals surface area contributed by atoms with Gasteiger partial charge in [0.25, 0.3) is 0 Å². The second-order valence-electron chi connectivity index (χ2n) is 6.55. The van der Waals surface area contributed by atoms with E-state index in [0.29, 0.717) is 25.4 Å². The first-order valence-electron chi connectivity index (χ1n) is 9.18. The van der Waals surface area contributed by atoms with Crippen LogP contribution in [0.15, 0.2) is 30.3 Å². The van der Waals surface area contributed by atoms with E-state index >= 15 is 0 Å². The van der Waals surface area contributed by atoms with Crippen LogP contribution in [-0.4, -0.2) is 46.7 Å². The Morgan fingerprint density at radius 1 is 1.21 bits per heavy atom. The molecule has 0 heterocycles. The van der Waals surface area contributed by atoms with E-state index in [9.17, 15) is 15.0 Å². The molecule has 0 saturated carbocycles. The quantitative estimate of drug-likeness (QED) is 0.582. The zero-order valence-electron chi connectivity index (χ0n) is 15.2. The lowest BCUT2D eigenvalue weighted by Crippen LogP contribution is -2.38. The van der Waals surface area contributed by atoms with Crippen molar-refractivity contribution < 1.29 is 15.0 Å². The molecule has 2 N–H and O–H groups in total. The Morgan fingerprint density at radius 2 is 1.92 bits per heavy atom. The molecule has 0 saturated heterocycles. The van der Waals surface area contributed by atoms with Crippen molar-refractivity contribution in [3.63, 3.8) is 0 Å². The number of rotatable bonds is 13. The van der Waals surface area contributed by atoms with Gasteiger partial charge in [0.2, 0.25) is 0 Å². The number of aliphatic hydroxyl groups excluding tert-OH is 2. The molecule has 0 bridgehead atoms. The van der Waals surface area contributed by atoms with Crippen molar-refractivity contribution in [2.75, 3.05) is 19.7 Å². The Labute approximate surface area is 146 Å². The minimum absolute atomic E-state index is 0.0157. The molecule has 0 amide bonds. The van der Waals surface area contributed by atoms with Gasteiger partial charge in [-0.15, -0.1) is 0 Å². The van der Waals surface area contributed by atoms with E-state index in [0.717, 1.165) is 31.2 Å². The van der Waals surface area contributed by atoms with Crippen LogP contribution < -0.4 is 0 Å². The molecule has 1 aromatic carbocycles. The Bertz CT molecular complexity index is 449. The zero-order valence-corrected chi connectivity index (χ0v) is 15.2. The van der Waals surface area contributed by atoms with Crippen molar-refractivity contribution in [2.45, 2.75) is 58.6 Å². The van der Waals surface area contributed by atoms with Crippen molar-refractivity contribution >= 4 is 5.78 Å². The predicted octanol–water partition coefficient (Wildman–Crippen LogP) is 3.02. The lowest BCUT2D eigenvalue weighted by Gasteiger charge is -2.24. The molecule has 4 nitrogen and oxygen atoms in total. The summed E-state index contributed by atoms with van der Waals surface area (Å²) in [6, 6.07) is 9.91. The molecule has 24 heavy (non-hydrogen) atoms. The second kappa shape index (κ2) is 12.2. The predicted molar refractivity (Wildman–Crippen MR) is 97.7 cm³/mol. The van der Waals surface area contributed by atoms with Crippen LogP contribution in [0.2, 0.25) is 0 Å². The summed E-state index contributed by atoms with van der Waals surface area (Å²) >= 11 is 0. The van der Waals surface area contributed by atoms with Crippen LogP contribution in [0, 0.1) is 5.92 Å². The van der Waals surface area contributed by atoms with Crippen LogP contribution in [0.1, 0.15) is 51.5 Å². The van der Waals surface area contributed by atoms with Crippen molar-refractivity contribution in [3.8, 4) is 0 Å². The number of aliphatic hydroxyl groups is 2. The monoisotopic (exact) mass is 335 g/mol. The van der Waals surface area contributed by atoms with Crippen LogP contribution in [0.5, 0.6) is 0 Å². The third-order valence-corrected chi connectivity index (χ3v) is 4.50. The van der Waals surface area contributed by atoms with Gasteiger partial charge in [-0.1, -0.05) is 69.9 Å². The SMILES string of the molecule is CCCCC(CC)CC(=O)C(O)CN(CCO)Cc1ccccc1. The molecule has 1 aromatic rings. The number of hydrogen-bond donors (Lipinski definition) is 2. The first-order valence-corrected chi connectivity index (χ1v) is 9.18. The molecule has 136 valence electrons. The first-order chi connectivity index (χ1) is 11.6. The van der Waals surface area contributed by atoms with E-state index in [-0.39, 0.29) is 18.9 Å². The summed E-state index contributed by atoms with van der Waals surface area (Å²) in [5.74, 6) is 0.293. The van der Waals surface area contributed by atoms with Crippen LogP contribution in [0.25, 0.3) is 0 Å². The molecule has 0 fully saturated rings. The zero-order chi connectivity index (χ0) is 17.8. The molecule has 0 aliphatic heterocycles. The molecule has 4 heteroatoms. The van der Waals surface area contributed by atoms with E-state index < -0.39 is 6.10 Å². The summed E-state index contributed by atoms with van der Waals surface area (Å²) in [5.41, 5.74) is 1.11. The summed E-state index contributed by atoms with van der Waals surface area (Å²) in [5, 5.41) is 19.5. The third-order valence-electron chi connectivity index (χ3n) is 4.50. The summed E-state index contributed by atoms with van der Waals surface area (Å²) in [7, 11) is 0. The van der Waals surface area contributed by atoms with Gasteiger partial charge in [-0.05, 0) is 11.5 Å². The lowest BCUT2D eigenvalue weighted by molar-refractivity contribution is -0.129. The van der Waals surface area contributed by atoms with Gasteiger partial charge in [0.05, 0.1) is 6.61 Å². The highest BCUT2D eigenvalue weighted by atomic mass is 16.3. The van der Waals surface area contributed by atoms with Gasteiger partial charge < -0.3 is 10.2 Å². The Balaban J connectivity index is 2.53. The van der Waals surface area contributed by atoms with Crippen LogP contribution in [0.4, 0.5) is 0 Å². The second-order valence-corrected chi connectivity index (χ2v) is 6.55. The highest BCUT2D eigenvalue weighted by molar-refractivity contribution is 5.83.